The molecule has 0 spiro atoms. The van der Waals surface area contributed by atoms with Gasteiger partial charge in [0, 0.05) is 34.9 Å². The fourth-order valence-electron chi connectivity index (χ4n) is 4.75. The van der Waals surface area contributed by atoms with Crippen LogP contribution in [0.25, 0.3) is 0 Å². The smallest absolute Gasteiger partial charge is 0.336 e. The summed E-state index contributed by atoms with van der Waals surface area (Å²) in [5, 5.41) is 3.15. The lowest BCUT2D eigenvalue weighted by molar-refractivity contribution is -0.138. The largest absolute Gasteiger partial charge is 0.496 e. The molecule has 1 N–H and O–H groups in total. The lowest BCUT2D eigenvalue weighted by Gasteiger charge is -2.34. The van der Waals surface area contributed by atoms with Crippen molar-refractivity contribution in [2.75, 3.05) is 13.7 Å². The molecule has 4 rings (SSSR count). The predicted octanol–water partition coefficient (Wildman–Crippen LogP) is 5.50. The molecule has 0 radical (unpaired) electrons. The number of allylic oxidation sites excluding steroid dienone is 3. The molecule has 0 amide bonds. The lowest BCUT2D eigenvalue weighted by atomic mass is 9.75. The van der Waals surface area contributed by atoms with Gasteiger partial charge in [-0.25, -0.2) is 18.0 Å². The third kappa shape index (κ3) is 4.72. The van der Waals surface area contributed by atoms with Gasteiger partial charge >= 0.3 is 5.97 Å². The van der Waals surface area contributed by atoms with E-state index in [1.807, 2.05) is 0 Å². The van der Waals surface area contributed by atoms with Crippen LogP contribution in [0.2, 0.25) is 0 Å². The molecule has 2 aliphatic rings. The number of methoxy groups -OCH3 is 1. The number of benzene rings is 2. The SMILES string of the molecule is CCOC(=O)C1=C(C)NC2=C(C(=O)CCC2)C1c1ccc(OC)c(COc2c(F)c(F)c(F)c(F)c2F)c1. The molecular weight excluding hydrogens is 513 g/mol. The monoisotopic (exact) mass is 537 g/mol. The highest BCUT2D eigenvalue weighted by Crippen LogP contribution is 2.43. The number of halogens is 5. The number of esters is 1. The van der Waals surface area contributed by atoms with Crippen LogP contribution in [0.1, 0.15) is 50.2 Å². The third-order valence-electron chi connectivity index (χ3n) is 6.45. The number of nitrogens with one attached hydrogen (secondary N) is 1. The second-order valence-electron chi connectivity index (χ2n) is 8.75. The van der Waals surface area contributed by atoms with E-state index < -0.39 is 53.3 Å². The summed E-state index contributed by atoms with van der Waals surface area (Å²) in [5.41, 5.74) is 2.45. The minimum absolute atomic E-state index is 0.103. The summed E-state index contributed by atoms with van der Waals surface area (Å²) >= 11 is 0. The molecule has 11 heteroatoms. The van der Waals surface area contributed by atoms with Crippen molar-refractivity contribution in [2.45, 2.75) is 45.6 Å². The molecule has 1 aliphatic carbocycles. The van der Waals surface area contributed by atoms with Crippen molar-refractivity contribution in [3.63, 3.8) is 0 Å². The molecule has 2 aromatic carbocycles. The number of hydrogen-bond donors (Lipinski definition) is 1. The van der Waals surface area contributed by atoms with Crippen LogP contribution in [0.5, 0.6) is 11.5 Å². The van der Waals surface area contributed by atoms with Crippen molar-refractivity contribution in [1.82, 2.24) is 5.32 Å². The third-order valence-corrected chi connectivity index (χ3v) is 6.45. The molecular formula is C27H24F5NO5. The molecule has 202 valence electrons. The number of ether oxygens (including phenoxy) is 3. The maximum Gasteiger partial charge on any atom is 0.336 e. The average Bonchev–Trinajstić information content (AvgIpc) is 2.90. The van der Waals surface area contributed by atoms with Gasteiger partial charge in [0.2, 0.25) is 29.1 Å². The molecule has 1 unspecified atom stereocenters. The van der Waals surface area contributed by atoms with E-state index in [-0.39, 0.29) is 29.3 Å². The first-order valence-corrected chi connectivity index (χ1v) is 11.8. The lowest BCUT2D eigenvalue weighted by Crippen LogP contribution is -2.34. The first-order valence-electron chi connectivity index (χ1n) is 11.8. The number of carbonyl (C=O) groups excluding carboxylic acids is 2. The molecule has 2 aromatic rings. The first kappa shape index (κ1) is 27.2. The van der Waals surface area contributed by atoms with Gasteiger partial charge in [0.1, 0.15) is 12.4 Å². The van der Waals surface area contributed by atoms with Crippen molar-refractivity contribution in [1.29, 1.82) is 0 Å². The normalized spacial score (nSPS) is 17.3. The Morgan fingerprint density at radius 2 is 1.68 bits per heavy atom. The molecule has 0 fully saturated rings. The second-order valence-corrected chi connectivity index (χ2v) is 8.75. The van der Waals surface area contributed by atoms with Crippen LogP contribution in [0.15, 0.2) is 40.7 Å². The quantitative estimate of drug-likeness (QED) is 0.218. The summed E-state index contributed by atoms with van der Waals surface area (Å²) in [6.07, 6.45) is 1.53. The van der Waals surface area contributed by atoms with Gasteiger partial charge in [-0.1, -0.05) is 6.07 Å². The van der Waals surface area contributed by atoms with Gasteiger partial charge in [0.15, 0.2) is 11.5 Å². The topological polar surface area (TPSA) is 73.9 Å². The second kappa shape index (κ2) is 10.8. The van der Waals surface area contributed by atoms with Crippen LogP contribution in [-0.2, 0) is 20.9 Å². The molecule has 6 nitrogen and oxygen atoms in total. The highest BCUT2D eigenvalue weighted by Gasteiger charge is 2.39. The van der Waals surface area contributed by atoms with Crippen molar-refractivity contribution in [3.05, 3.63) is 81.0 Å². The maximum atomic E-state index is 14.2. The van der Waals surface area contributed by atoms with E-state index in [9.17, 15) is 31.5 Å². The van der Waals surface area contributed by atoms with Crippen molar-refractivity contribution < 1.29 is 45.8 Å². The van der Waals surface area contributed by atoms with E-state index in [0.29, 0.717) is 41.8 Å². The minimum atomic E-state index is -2.30. The predicted molar refractivity (Wildman–Crippen MR) is 125 cm³/mol. The molecule has 0 bridgehead atoms. The summed E-state index contributed by atoms with van der Waals surface area (Å²) in [6, 6.07) is 4.62. The summed E-state index contributed by atoms with van der Waals surface area (Å²) in [7, 11) is 1.32. The fraction of sp³-hybridized carbons (Fsp3) is 0.333. The number of ketones is 1. The van der Waals surface area contributed by atoms with Gasteiger partial charge in [-0.15, -0.1) is 0 Å². The standard InChI is InChI=1S/C27H24F5NO5/c1-4-37-27(35)18-12(2)33-15-6-5-7-16(34)20(15)19(18)13-8-9-17(36-3)14(10-13)11-38-26-24(31)22(29)21(28)23(30)25(26)32/h8-10,19,33H,4-7,11H2,1-3H3. The van der Waals surface area contributed by atoms with Crippen molar-refractivity contribution >= 4 is 11.8 Å². The van der Waals surface area contributed by atoms with Crippen molar-refractivity contribution in [3.8, 4) is 11.5 Å². The number of Topliss-reactive ketones (excluding diaryl/α,β-unsaturated/α-hetero) is 1. The van der Waals surface area contributed by atoms with E-state index in [1.54, 1.807) is 19.9 Å². The van der Waals surface area contributed by atoms with Crippen molar-refractivity contribution in [2.24, 2.45) is 0 Å². The number of hydrogen-bond acceptors (Lipinski definition) is 6. The van der Waals surface area contributed by atoms with Gasteiger partial charge in [0.05, 0.1) is 19.3 Å². The number of rotatable bonds is 7. The number of carbonyl (C=O) groups is 2. The van der Waals surface area contributed by atoms with E-state index in [0.717, 1.165) is 0 Å². The Hall–Kier alpha value is -3.89. The Labute approximate surface area is 215 Å². The van der Waals surface area contributed by atoms with Crippen LogP contribution in [0.3, 0.4) is 0 Å². The highest BCUT2D eigenvalue weighted by molar-refractivity contribution is 6.03. The fourth-order valence-corrected chi connectivity index (χ4v) is 4.75. The molecule has 1 heterocycles. The van der Waals surface area contributed by atoms with Gasteiger partial charge < -0.3 is 19.5 Å². The zero-order valence-electron chi connectivity index (χ0n) is 20.8. The molecule has 1 aliphatic heterocycles. The van der Waals surface area contributed by atoms with Crippen LogP contribution in [0.4, 0.5) is 22.0 Å². The van der Waals surface area contributed by atoms with Gasteiger partial charge in [0.25, 0.3) is 0 Å². The maximum absolute atomic E-state index is 14.2. The molecule has 0 saturated heterocycles. The van der Waals surface area contributed by atoms with Gasteiger partial charge in [-0.3, -0.25) is 4.79 Å². The molecule has 0 aromatic heterocycles. The molecule has 1 atom stereocenters. The van der Waals surface area contributed by atoms with Crippen LogP contribution < -0.4 is 14.8 Å². The zero-order chi connectivity index (χ0) is 27.7. The molecule has 0 saturated carbocycles. The van der Waals surface area contributed by atoms with E-state index in [1.165, 1.54) is 19.2 Å². The highest BCUT2D eigenvalue weighted by atomic mass is 19.2. The Morgan fingerprint density at radius 1 is 1.03 bits per heavy atom. The minimum Gasteiger partial charge on any atom is -0.496 e. The summed E-state index contributed by atoms with van der Waals surface area (Å²) < 4.78 is 84.6. The van der Waals surface area contributed by atoms with Gasteiger partial charge in [-0.05, 0) is 44.4 Å². The Balaban J connectivity index is 1.79. The number of dihydropyridines is 1. The van der Waals surface area contributed by atoms with Crippen LogP contribution in [-0.4, -0.2) is 25.5 Å². The zero-order valence-corrected chi connectivity index (χ0v) is 20.8. The summed E-state index contributed by atoms with van der Waals surface area (Å²) in [5.74, 6) is -13.6. The Kier molecular flexibility index (Phi) is 7.75. The van der Waals surface area contributed by atoms with E-state index >= 15 is 0 Å². The Morgan fingerprint density at radius 3 is 2.32 bits per heavy atom. The Bertz CT molecular complexity index is 1360. The average molecular weight is 537 g/mol. The molecule has 38 heavy (non-hydrogen) atoms. The van der Waals surface area contributed by atoms with Crippen LogP contribution >= 0.6 is 0 Å². The first-order chi connectivity index (χ1) is 18.1. The van der Waals surface area contributed by atoms with E-state index in [2.05, 4.69) is 5.32 Å². The van der Waals surface area contributed by atoms with Gasteiger partial charge in [-0.2, -0.15) is 8.78 Å². The summed E-state index contributed by atoms with van der Waals surface area (Å²) in [4.78, 5) is 26.0. The summed E-state index contributed by atoms with van der Waals surface area (Å²) in [6.45, 7) is 2.81. The van der Waals surface area contributed by atoms with E-state index in [4.69, 9.17) is 14.2 Å². The van der Waals surface area contributed by atoms with Crippen LogP contribution in [0, 0.1) is 29.1 Å².